The third-order valence-corrected chi connectivity index (χ3v) is 4.63. The van der Waals surface area contributed by atoms with E-state index in [4.69, 9.17) is 0 Å². The minimum atomic E-state index is 0.547. The van der Waals surface area contributed by atoms with Crippen LogP contribution in [0.1, 0.15) is 12.8 Å². The Morgan fingerprint density at radius 2 is 2.15 bits per heavy atom. The van der Waals surface area contributed by atoms with Gasteiger partial charge < -0.3 is 5.32 Å². The molecule has 0 spiro atoms. The van der Waals surface area contributed by atoms with Crippen molar-refractivity contribution in [3.05, 3.63) is 34.6 Å². The molecule has 20 heavy (non-hydrogen) atoms. The van der Waals surface area contributed by atoms with E-state index in [9.17, 15) is 0 Å². The van der Waals surface area contributed by atoms with Gasteiger partial charge in [0.1, 0.15) is 10.7 Å². The third-order valence-electron chi connectivity index (χ3n) is 3.17. The van der Waals surface area contributed by atoms with Crippen molar-refractivity contribution in [3.63, 3.8) is 0 Å². The molecule has 0 bridgehead atoms. The number of rotatable bonds is 4. The van der Waals surface area contributed by atoms with Crippen LogP contribution in [0, 0.1) is 0 Å². The summed E-state index contributed by atoms with van der Waals surface area (Å²) in [6.45, 7) is 0. The number of aromatic nitrogens is 3. The molecule has 1 aliphatic carbocycles. The van der Waals surface area contributed by atoms with Gasteiger partial charge in [-0.05, 0) is 35.2 Å². The summed E-state index contributed by atoms with van der Waals surface area (Å²) in [4.78, 5) is 13.5. The standard InChI is InChI=1S/C14H12N4S2/c1-2-10(1)17-14-16-7-11(9-3-5-19-8-9)12(18-14)13-15-4-6-20-13/h3-8,10H,1-2H2,(H,16,17,18). The fraction of sp³-hybridized carbons (Fsp3) is 0.214. The second-order valence-electron chi connectivity index (χ2n) is 4.72. The van der Waals surface area contributed by atoms with Gasteiger partial charge in [-0.1, -0.05) is 0 Å². The molecule has 4 nitrogen and oxygen atoms in total. The molecule has 1 N–H and O–H groups in total. The lowest BCUT2D eigenvalue weighted by molar-refractivity contribution is 1.06. The van der Waals surface area contributed by atoms with Crippen molar-refractivity contribution in [2.75, 3.05) is 5.32 Å². The smallest absolute Gasteiger partial charge is 0.223 e. The van der Waals surface area contributed by atoms with E-state index in [1.54, 1.807) is 22.7 Å². The van der Waals surface area contributed by atoms with Gasteiger partial charge in [0.25, 0.3) is 0 Å². The minimum Gasteiger partial charge on any atom is -0.351 e. The van der Waals surface area contributed by atoms with Gasteiger partial charge in [-0.3, -0.25) is 0 Å². The zero-order valence-electron chi connectivity index (χ0n) is 10.6. The largest absolute Gasteiger partial charge is 0.351 e. The van der Waals surface area contributed by atoms with Crippen molar-refractivity contribution in [1.82, 2.24) is 15.0 Å². The first-order valence-electron chi connectivity index (χ1n) is 6.46. The maximum absolute atomic E-state index is 4.68. The van der Waals surface area contributed by atoms with Crippen LogP contribution in [0.25, 0.3) is 21.8 Å². The highest BCUT2D eigenvalue weighted by Crippen LogP contribution is 2.33. The van der Waals surface area contributed by atoms with Crippen molar-refractivity contribution < 1.29 is 0 Å². The predicted octanol–water partition coefficient (Wildman–Crippen LogP) is 3.90. The third kappa shape index (κ3) is 2.32. The first kappa shape index (κ1) is 12.0. The van der Waals surface area contributed by atoms with Crippen molar-refractivity contribution in [2.45, 2.75) is 18.9 Å². The van der Waals surface area contributed by atoms with Crippen molar-refractivity contribution in [1.29, 1.82) is 0 Å². The van der Waals surface area contributed by atoms with Crippen LogP contribution in [0.3, 0.4) is 0 Å². The van der Waals surface area contributed by atoms with E-state index in [0.29, 0.717) is 12.0 Å². The van der Waals surface area contributed by atoms with Crippen LogP contribution in [-0.2, 0) is 0 Å². The SMILES string of the molecule is c1csc(-c2nc(NC3CC3)ncc2-c2ccsc2)n1. The summed E-state index contributed by atoms with van der Waals surface area (Å²) in [5.41, 5.74) is 3.11. The molecule has 4 rings (SSSR count). The Balaban J connectivity index is 1.81. The number of nitrogens with one attached hydrogen (secondary N) is 1. The van der Waals surface area contributed by atoms with E-state index < -0.39 is 0 Å². The van der Waals surface area contributed by atoms with Crippen LogP contribution in [0.2, 0.25) is 0 Å². The molecule has 0 unspecified atom stereocenters. The Kier molecular flexibility index (Phi) is 2.97. The van der Waals surface area contributed by atoms with Crippen LogP contribution < -0.4 is 5.32 Å². The van der Waals surface area contributed by atoms with Crippen LogP contribution in [0.4, 0.5) is 5.95 Å². The number of anilines is 1. The highest BCUT2D eigenvalue weighted by molar-refractivity contribution is 7.13. The molecule has 3 aromatic heterocycles. The molecular formula is C14H12N4S2. The van der Waals surface area contributed by atoms with E-state index in [0.717, 1.165) is 21.8 Å². The number of nitrogens with zero attached hydrogens (tertiary/aromatic N) is 3. The van der Waals surface area contributed by atoms with E-state index >= 15 is 0 Å². The Hall–Kier alpha value is -1.79. The number of hydrogen-bond acceptors (Lipinski definition) is 6. The topological polar surface area (TPSA) is 50.7 Å². The normalized spacial score (nSPS) is 14.4. The van der Waals surface area contributed by atoms with Gasteiger partial charge in [-0.15, -0.1) is 11.3 Å². The lowest BCUT2D eigenvalue weighted by Gasteiger charge is -2.08. The molecule has 1 fully saturated rings. The van der Waals surface area contributed by atoms with Crippen LogP contribution in [0.5, 0.6) is 0 Å². The van der Waals surface area contributed by atoms with Crippen LogP contribution in [-0.4, -0.2) is 21.0 Å². The van der Waals surface area contributed by atoms with E-state index in [2.05, 4.69) is 37.1 Å². The fourth-order valence-electron chi connectivity index (χ4n) is 1.99. The van der Waals surface area contributed by atoms with Crippen molar-refractivity contribution >= 4 is 28.6 Å². The average Bonchev–Trinajstić information content (AvgIpc) is 3.00. The molecular weight excluding hydrogens is 288 g/mol. The first-order valence-corrected chi connectivity index (χ1v) is 8.28. The molecule has 1 aliphatic rings. The van der Waals surface area contributed by atoms with E-state index in [1.807, 2.05) is 17.8 Å². The van der Waals surface area contributed by atoms with Gasteiger partial charge in [0, 0.05) is 29.4 Å². The second-order valence-corrected chi connectivity index (χ2v) is 6.40. The molecule has 3 aromatic rings. The maximum Gasteiger partial charge on any atom is 0.223 e. The molecule has 3 heterocycles. The Bertz CT molecular complexity index is 703. The van der Waals surface area contributed by atoms with Gasteiger partial charge in [-0.2, -0.15) is 11.3 Å². The molecule has 0 atom stereocenters. The van der Waals surface area contributed by atoms with Crippen LogP contribution >= 0.6 is 22.7 Å². The van der Waals surface area contributed by atoms with Gasteiger partial charge in [0.05, 0.1) is 0 Å². The summed E-state index contributed by atoms with van der Waals surface area (Å²) in [5.74, 6) is 0.705. The molecule has 100 valence electrons. The summed E-state index contributed by atoms with van der Waals surface area (Å²) >= 11 is 3.28. The van der Waals surface area contributed by atoms with E-state index in [1.165, 1.54) is 12.8 Å². The van der Waals surface area contributed by atoms with Gasteiger partial charge in [-0.25, -0.2) is 15.0 Å². The Labute approximate surface area is 124 Å². The molecule has 0 radical (unpaired) electrons. The lowest BCUT2D eigenvalue weighted by Crippen LogP contribution is -2.06. The second kappa shape index (κ2) is 4.96. The molecule has 0 aliphatic heterocycles. The zero-order valence-corrected chi connectivity index (χ0v) is 12.2. The number of hydrogen-bond donors (Lipinski definition) is 1. The lowest BCUT2D eigenvalue weighted by atomic mass is 10.1. The molecule has 6 heteroatoms. The summed E-state index contributed by atoms with van der Waals surface area (Å²) in [5, 5.41) is 10.4. The molecule has 0 aromatic carbocycles. The van der Waals surface area contributed by atoms with Crippen molar-refractivity contribution in [3.8, 4) is 21.8 Å². The Morgan fingerprint density at radius 3 is 2.85 bits per heavy atom. The average molecular weight is 300 g/mol. The molecule has 0 amide bonds. The summed E-state index contributed by atoms with van der Waals surface area (Å²) < 4.78 is 0. The van der Waals surface area contributed by atoms with Crippen molar-refractivity contribution in [2.24, 2.45) is 0 Å². The highest BCUT2D eigenvalue weighted by Gasteiger charge is 2.23. The van der Waals surface area contributed by atoms with Gasteiger partial charge in [0.2, 0.25) is 5.95 Å². The molecule has 1 saturated carbocycles. The quantitative estimate of drug-likeness (QED) is 0.794. The van der Waals surface area contributed by atoms with Gasteiger partial charge >= 0.3 is 0 Å². The summed E-state index contributed by atoms with van der Waals surface area (Å²) in [6, 6.07) is 2.64. The fourth-order valence-corrected chi connectivity index (χ4v) is 3.29. The van der Waals surface area contributed by atoms with Gasteiger partial charge in [0.15, 0.2) is 0 Å². The summed E-state index contributed by atoms with van der Waals surface area (Å²) in [7, 11) is 0. The highest BCUT2D eigenvalue weighted by atomic mass is 32.1. The number of thiazole rings is 1. The first-order chi connectivity index (χ1) is 9.90. The van der Waals surface area contributed by atoms with Crippen LogP contribution in [0.15, 0.2) is 34.6 Å². The van der Waals surface area contributed by atoms with E-state index in [-0.39, 0.29) is 0 Å². The predicted molar refractivity (Wildman–Crippen MR) is 83.1 cm³/mol. The molecule has 0 saturated heterocycles. The minimum absolute atomic E-state index is 0.547. The Morgan fingerprint density at radius 1 is 1.20 bits per heavy atom. The maximum atomic E-state index is 4.68. The number of thiophene rings is 1. The zero-order chi connectivity index (χ0) is 13.4. The summed E-state index contributed by atoms with van der Waals surface area (Å²) in [6.07, 6.45) is 6.13. The monoisotopic (exact) mass is 300 g/mol.